The van der Waals surface area contributed by atoms with Gasteiger partial charge in [-0.25, -0.2) is 0 Å². The quantitative estimate of drug-likeness (QED) is 0.206. The lowest BCUT2D eigenvalue weighted by molar-refractivity contribution is 0.392. The first kappa shape index (κ1) is 23.1. The van der Waals surface area contributed by atoms with Gasteiger partial charge in [-0.2, -0.15) is 8.42 Å². The van der Waals surface area contributed by atoms with Crippen LogP contribution in [0.5, 0.6) is 11.5 Å². The van der Waals surface area contributed by atoms with Crippen molar-refractivity contribution in [3.05, 3.63) is 114 Å². The summed E-state index contributed by atoms with van der Waals surface area (Å²) in [5, 5.41) is 0. The van der Waals surface area contributed by atoms with Gasteiger partial charge in [-0.15, -0.1) is 0 Å². The molecule has 0 bridgehead atoms. The van der Waals surface area contributed by atoms with Gasteiger partial charge in [0.25, 0.3) is 0 Å². The van der Waals surface area contributed by atoms with Gasteiger partial charge in [0.15, 0.2) is 0 Å². The number of aryl methyl sites for hydroxylation is 2. The van der Waals surface area contributed by atoms with Gasteiger partial charge < -0.3 is 4.74 Å². The molecule has 0 saturated heterocycles. The summed E-state index contributed by atoms with van der Waals surface area (Å²) in [4.78, 5) is 2.54. The van der Waals surface area contributed by atoms with Crippen molar-refractivity contribution in [2.45, 2.75) is 28.5 Å². The largest absolute Gasteiger partial charge is 0.457 e. The number of rotatable bonds is 7. The predicted octanol–water partition coefficient (Wildman–Crippen LogP) is 7.35. The van der Waals surface area contributed by atoms with Crippen LogP contribution in [-0.2, 0) is 10.1 Å². The first-order valence-electron chi connectivity index (χ1n) is 10.5. The zero-order valence-corrected chi connectivity index (χ0v) is 20.4. The second kappa shape index (κ2) is 9.43. The topological polar surface area (TPSA) is 56.2 Å². The van der Waals surface area contributed by atoms with Gasteiger partial charge in [-0.05, 0) is 74.5 Å². The molecule has 4 aromatic rings. The zero-order valence-electron chi connectivity index (χ0n) is 18.8. The monoisotopic (exact) mass is 479 g/mol. The van der Waals surface area contributed by atoms with E-state index in [1.165, 1.54) is 0 Å². The fourth-order valence-electron chi connectivity index (χ4n) is 3.54. The maximum absolute atomic E-state index is 12.6. The molecule has 0 heterocycles. The van der Waals surface area contributed by atoms with Gasteiger partial charge >= 0.3 is 10.1 Å². The summed E-state index contributed by atoms with van der Waals surface area (Å²) in [6, 6.07) is 33.0. The Bertz CT molecular complexity index is 1270. The van der Waals surface area contributed by atoms with Crippen molar-refractivity contribution in [2.75, 3.05) is 6.26 Å². The van der Waals surface area contributed by atoms with Crippen molar-refractivity contribution in [1.29, 1.82) is 0 Å². The SMILES string of the molecule is Cc1ccc(S([OH+]S(C)(=O)=O)(c2ccc(C)cc2)c2ccc(Oc3ccccc3)cc2)cc1. The molecule has 0 aliphatic heterocycles. The fraction of sp³-hybridized carbons (Fsp3) is 0.111. The van der Waals surface area contributed by atoms with Crippen LogP contribution in [0.25, 0.3) is 0 Å². The molecule has 6 heteroatoms. The minimum Gasteiger partial charge on any atom is -0.457 e. The molecule has 33 heavy (non-hydrogen) atoms. The average molecular weight is 480 g/mol. The standard InChI is InChI=1S/C27H26O4S2/c1-21-9-15-25(16-10-21)33(31-32(3,28)29,26-17-11-22(2)12-18-26)27-19-13-24(14-20-27)30-23-7-5-4-6-8-23/h4-20H,1-3H3/p+1. The Hall–Kier alpha value is -3.06. The Morgan fingerprint density at radius 1 is 0.576 bits per heavy atom. The minimum absolute atomic E-state index is 0.672. The minimum atomic E-state index is -3.67. The highest BCUT2D eigenvalue weighted by molar-refractivity contribution is 8.32. The van der Waals surface area contributed by atoms with Gasteiger partial charge in [0.05, 0.1) is 25.0 Å². The van der Waals surface area contributed by atoms with E-state index >= 15 is 0 Å². The lowest BCUT2D eigenvalue weighted by atomic mass is 10.2. The normalized spacial score (nSPS) is 12.3. The summed E-state index contributed by atoms with van der Waals surface area (Å²) in [7, 11) is -6.11. The summed E-state index contributed by atoms with van der Waals surface area (Å²) in [5.74, 6) is 1.41. The molecule has 0 spiro atoms. The lowest BCUT2D eigenvalue weighted by Crippen LogP contribution is -2.17. The van der Waals surface area contributed by atoms with Crippen molar-refractivity contribution in [3.8, 4) is 11.5 Å². The van der Waals surface area contributed by atoms with Crippen molar-refractivity contribution in [3.63, 3.8) is 0 Å². The maximum Gasteiger partial charge on any atom is 0.387 e. The predicted molar refractivity (Wildman–Crippen MR) is 135 cm³/mol. The Morgan fingerprint density at radius 2 is 0.970 bits per heavy atom. The number of hydrogen-bond donors (Lipinski definition) is 0. The summed E-state index contributed by atoms with van der Waals surface area (Å²) >= 11 is 0. The van der Waals surface area contributed by atoms with E-state index in [4.69, 9.17) is 4.74 Å². The third kappa shape index (κ3) is 5.30. The Balaban J connectivity index is 1.88. The highest BCUT2D eigenvalue weighted by Crippen LogP contribution is 2.68. The molecule has 0 atom stereocenters. The molecule has 0 aromatic heterocycles. The van der Waals surface area contributed by atoms with Crippen LogP contribution in [0.4, 0.5) is 0 Å². The van der Waals surface area contributed by atoms with E-state index < -0.39 is 20.4 Å². The molecule has 0 radical (unpaired) electrons. The van der Waals surface area contributed by atoms with Crippen LogP contribution in [-0.4, -0.2) is 18.3 Å². The van der Waals surface area contributed by atoms with E-state index in [2.05, 4.69) is 3.63 Å². The number of para-hydroxylation sites is 1. The molecule has 4 nitrogen and oxygen atoms in total. The highest BCUT2D eigenvalue weighted by atomic mass is 32.3. The average Bonchev–Trinajstić information content (AvgIpc) is 2.79. The van der Waals surface area contributed by atoms with Crippen LogP contribution in [0.2, 0.25) is 0 Å². The van der Waals surface area contributed by atoms with E-state index in [1.54, 1.807) is 0 Å². The van der Waals surface area contributed by atoms with E-state index in [0.717, 1.165) is 37.8 Å². The summed E-state index contributed by atoms with van der Waals surface area (Å²) < 4.78 is 35.8. The molecule has 0 amide bonds. The Kier molecular flexibility index (Phi) is 6.61. The van der Waals surface area contributed by atoms with Crippen LogP contribution in [0.15, 0.2) is 118 Å². The van der Waals surface area contributed by atoms with Gasteiger partial charge in [0.1, 0.15) is 17.8 Å². The molecule has 0 fully saturated rings. The maximum atomic E-state index is 12.6. The van der Waals surface area contributed by atoms with Crippen molar-refractivity contribution in [1.82, 2.24) is 0 Å². The molecule has 4 aromatic carbocycles. The van der Waals surface area contributed by atoms with Crippen LogP contribution in [0.3, 0.4) is 0 Å². The molecule has 0 unspecified atom stereocenters. The molecule has 0 aliphatic carbocycles. The van der Waals surface area contributed by atoms with Gasteiger partial charge in [0, 0.05) is 0 Å². The van der Waals surface area contributed by atoms with E-state index in [-0.39, 0.29) is 0 Å². The first-order valence-corrected chi connectivity index (χ1v) is 13.9. The first-order chi connectivity index (χ1) is 15.8. The van der Waals surface area contributed by atoms with Crippen molar-refractivity contribution < 1.29 is 16.8 Å². The molecule has 4 rings (SSSR count). The van der Waals surface area contributed by atoms with E-state index in [1.807, 2.05) is 117 Å². The number of ether oxygens (including phenoxy) is 1. The highest BCUT2D eigenvalue weighted by Gasteiger charge is 2.41. The van der Waals surface area contributed by atoms with Gasteiger partial charge in [-0.3, -0.25) is 3.63 Å². The number of benzene rings is 4. The lowest BCUT2D eigenvalue weighted by Gasteiger charge is -2.34. The summed E-state index contributed by atoms with van der Waals surface area (Å²) in [6.07, 6.45) is 1.16. The Labute approximate surface area is 197 Å². The Morgan fingerprint density at radius 3 is 1.39 bits per heavy atom. The molecule has 0 aliphatic rings. The fourth-order valence-corrected chi connectivity index (χ4v) is 8.60. The third-order valence-electron chi connectivity index (χ3n) is 5.12. The van der Waals surface area contributed by atoms with E-state index in [0.29, 0.717) is 5.75 Å². The van der Waals surface area contributed by atoms with E-state index in [9.17, 15) is 8.42 Å². The molecular formula is C27H27O4S2+. The third-order valence-corrected chi connectivity index (χ3v) is 9.96. The molecular weight excluding hydrogens is 452 g/mol. The van der Waals surface area contributed by atoms with Crippen LogP contribution < -0.4 is 4.74 Å². The number of hydrogen-bond acceptors (Lipinski definition) is 3. The molecule has 0 saturated carbocycles. The van der Waals surface area contributed by atoms with Crippen LogP contribution in [0, 0.1) is 13.8 Å². The molecule has 170 valence electrons. The molecule has 1 N–H and O–H groups in total. The zero-order chi connectivity index (χ0) is 23.5. The van der Waals surface area contributed by atoms with Gasteiger partial charge in [0.2, 0.25) is 0 Å². The van der Waals surface area contributed by atoms with Gasteiger partial charge in [-0.1, -0.05) is 53.6 Å². The van der Waals surface area contributed by atoms with Crippen LogP contribution in [0.1, 0.15) is 11.1 Å². The van der Waals surface area contributed by atoms with Crippen molar-refractivity contribution in [2.24, 2.45) is 0 Å². The second-order valence-electron chi connectivity index (χ2n) is 7.90. The second-order valence-corrected chi connectivity index (χ2v) is 12.5. The summed E-state index contributed by atoms with van der Waals surface area (Å²) in [6.45, 7) is 4.02. The smallest absolute Gasteiger partial charge is 0.387 e. The van der Waals surface area contributed by atoms with Crippen molar-refractivity contribution >= 4 is 20.4 Å². The summed E-state index contributed by atoms with van der Waals surface area (Å²) in [5.41, 5.74) is 2.20. The van der Waals surface area contributed by atoms with Crippen LogP contribution >= 0.6 is 10.3 Å².